The number of aromatic nitrogens is 1. The second-order valence-electron chi connectivity index (χ2n) is 4.85. The molecule has 0 spiro atoms. The standard InChI is InChI=1S/C12H17N3O3/c1-8-4-2-3-5-9(8)13-12-10(15(17)18)6-7-11(16)14-12/h6-9H,2-5H2,1H3,(H2,13,14,16)/t8-,9+/m1/s1. The smallest absolute Gasteiger partial charge is 0.309 e. The van der Waals surface area contributed by atoms with E-state index in [0.717, 1.165) is 19.3 Å². The first-order valence-electron chi connectivity index (χ1n) is 6.22. The Bertz CT molecular complexity index is 498. The van der Waals surface area contributed by atoms with Gasteiger partial charge in [0.2, 0.25) is 5.56 Å². The summed E-state index contributed by atoms with van der Waals surface area (Å²) in [5.74, 6) is 0.688. The van der Waals surface area contributed by atoms with Crippen LogP contribution in [0.1, 0.15) is 32.6 Å². The highest BCUT2D eigenvalue weighted by molar-refractivity contribution is 5.55. The third kappa shape index (κ3) is 2.69. The van der Waals surface area contributed by atoms with Gasteiger partial charge >= 0.3 is 5.69 Å². The quantitative estimate of drug-likeness (QED) is 0.637. The van der Waals surface area contributed by atoms with Crippen LogP contribution in [0.15, 0.2) is 16.9 Å². The van der Waals surface area contributed by atoms with Crippen molar-refractivity contribution >= 4 is 11.5 Å². The number of nitro groups is 1. The van der Waals surface area contributed by atoms with Gasteiger partial charge in [-0.1, -0.05) is 19.8 Å². The summed E-state index contributed by atoms with van der Waals surface area (Å²) in [6, 6.07) is 2.61. The minimum atomic E-state index is -0.480. The lowest BCUT2D eigenvalue weighted by Gasteiger charge is -2.29. The van der Waals surface area contributed by atoms with Crippen LogP contribution >= 0.6 is 0 Å². The molecule has 2 N–H and O–H groups in total. The van der Waals surface area contributed by atoms with E-state index < -0.39 is 4.92 Å². The summed E-state index contributed by atoms with van der Waals surface area (Å²) in [4.78, 5) is 24.2. The second-order valence-corrected chi connectivity index (χ2v) is 4.85. The maximum absolute atomic E-state index is 11.3. The van der Waals surface area contributed by atoms with Gasteiger partial charge in [-0.25, -0.2) is 0 Å². The zero-order valence-corrected chi connectivity index (χ0v) is 10.3. The van der Waals surface area contributed by atoms with Gasteiger partial charge < -0.3 is 10.3 Å². The zero-order chi connectivity index (χ0) is 13.1. The molecular formula is C12H17N3O3. The molecule has 1 aliphatic carbocycles. The number of aromatic amines is 1. The van der Waals surface area contributed by atoms with E-state index in [1.165, 1.54) is 18.6 Å². The largest absolute Gasteiger partial charge is 0.363 e. The van der Waals surface area contributed by atoms with Crippen LogP contribution in [0.4, 0.5) is 11.5 Å². The molecule has 0 unspecified atom stereocenters. The molecule has 2 atom stereocenters. The highest BCUT2D eigenvalue weighted by atomic mass is 16.6. The molecule has 0 amide bonds. The number of hydrogen-bond donors (Lipinski definition) is 2. The van der Waals surface area contributed by atoms with Crippen molar-refractivity contribution in [2.24, 2.45) is 5.92 Å². The first-order valence-corrected chi connectivity index (χ1v) is 6.22. The molecule has 1 aliphatic rings. The van der Waals surface area contributed by atoms with Crippen molar-refractivity contribution in [2.45, 2.75) is 38.6 Å². The van der Waals surface area contributed by atoms with Crippen LogP contribution in [-0.4, -0.2) is 15.9 Å². The van der Waals surface area contributed by atoms with Crippen LogP contribution in [0.5, 0.6) is 0 Å². The molecule has 98 valence electrons. The van der Waals surface area contributed by atoms with Gasteiger partial charge in [-0.3, -0.25) is 14.9 Å². The Labute approximate surface area is 105 Å². The summed E-state index contributed by atoms with van der Waals surface area (Å²) < 4.78 is 0. The minimum absolute atomic E-state index is 0.0765. The molecule has 0 aliphatic heterocycles. The monoisotopic (exact) mass is 251 g/mol. The fourth-order valence-electron chi connectivity index (χ4n) is 2.45. The van der Waals surface area contributed by atoms with Crippen molar-refractivity contribution in [1.29, 1.82) is 0 Å². The molecule has 1 aromatic rings. The average molecular weight is 251 g/mol. The molecule has 1 aromatic heterocycles. The van der Waals surface area contributed by atoms with Gasteiger partial charge in [0.05, 0.1) is 4.92 Å². The van der Waals surface area contributed by atoms with E-state index in [1.54, 1.807) is 0 Å². The maximum atomic E-state index is 11.3. The third-order valence-corrected chi connectivity index (χ3v) is 3.53. The first kappa shape index (κ1) is 12.6. The van der Waals surface area contributed by atoms with E-state index in [9.17, 15) is 14.9 Å². The molecule has 1 saturated carbocycles. The van der Waals surface area contributed by atoms with Crippen molar-refractivity contribution in [3.05, 3.63) is 32.6 Å². The van der Waals surface area contributed by atoms with E-state index in [0.29, 0.717) is 5.92 Å². The molecule has 1 heterocycles. The molecule has 1 fully saturated rings. The number of nitrogens with zero attached hydrogens (tertiary/aromatic N) is 1. The lowest BCUT2D eigenvalue weighted by molar-refractivity contribution is -0.384. The van der Waals surface area contributed by atoms with Crippen LogP contribution in [-0.2, 0) is 0 Å². The Hall–Kier alpha value is -1.85. The fourth-order valence-corrected chi connectivity index (χ4v) is 2.45. The van der Waals surface area contributed by atoms with Crippen molar-refractivity contribution in [1.82, 2.24) is 4.98 Å². The Balaban J connectivity index is 2.24. The number of rotatable bonds is 3. The van der Waals surface area contributed by atoms with Crippen molar-refractivity contribution in [3.8, 4) is 0 Å². The van der Waals surface area contributed by atoms with Crippen molar-refractivity contribution < 1.29 is 4.92 Å². The summed E-state index contributed by atoms with van der Waals surface area (Å²) >= 11 is 0. The fraction of sp³-hybridized carbons (Fsp3) is 0.583. The third-order valence-electron chi connectivity index (χ3n) is 3.53. The van der Waals surface area contributed by atoms with Crippen LogP contribution in [0, 0.1) is 16.0 Å². The molecule has 0 radical (unpaired) electrons. The van der Waals surface area contributed by atoms with Crippen LogP contribution in [0.2, 0.25) is 0 Å². The summed E-state index contributed by atoms with van der Waals surface area (Å²) in [7, 11) is 0. The number of H-pyrrole nitrogens is 1. The van der Waals surface area contributed by atoms with E-state index in [-0.39, 0.29) is 23.1 Å². The molecular weight excluding hydrogens is 234 g/mol. The van der Waals surface area contributed by atoms with E-state index in [1.807, 2.05) is 0 Å². The van der Waals surface area contributed by atoms with Gasteiger partial charge in [0, 0.05) is 18.2 Å². The van der Waals surface area contributed by atoms with Gasteiger partial charge in [-0.2, -0.15) is 0 Å². The van der Waals surface area contributed by atoms with Crippen LogP contribution < -0.4 is 10.9 Å². The summed E-state index contributed by atoms with van der Waals surface area (Å²) in [5.41, 5.74) is -0.404. The second kappa shape index (κ2) is 5.20. The van der Waals surface area contributed by atoms with Crippen molar-refractivity contribution in [3.63, 3.8) is 0 Å². The molecule has 6 heteroatoms. The summed E-state index contributed by atoms with van der Waals surface area (Å²) in [6.07, 6.45) is 4.41. The predicted octanol–water partition coefficient (Wildman–Crippen LogP) is 2.27. The Morgan fingerprint density at radius 1 is 1.39 bits per heavy atom. The molecule has 0 aromatic carbocycles. The van der Waals surface area contributed by atoms with Gasteiger partial charge in [-0.15, -0.1) is 0 Å². The van der Waals surface area contributed by atoms with Crippen LogP contribution in [0.3, 0.4) is 0 Å². The lowest BCUT2D eigenvalue weighted by Crippen LogP contribution is -2.31. The predicted molar refractivity (Wildman–Crippen MR) is 68.8 cm³/mol. The topological polar surface area (TPSA) is 88.0 Å². The first-order chi connectivity index (χ1) is 8.58. The van der Waals surface area contributed by atoms with Gasteiger partial charge in [-0.05, 0) is 18.8 Å². The van der Waals surface area contributed by atoms with E-state index in [2.05, 4.69) is 17.2 Å². The van der Waals surface area contributed by atoms with Crippen molar-refractivity contribution in [2.75, 3.05) is 5.32 Å². The van der Waals surface area contributed by atoms with Gasteiger partial charge in [0.25, 0.3) is 0 Å². The lowest BCUT2D eigenvalue weighted by atomic mass is 9.86. The molecule has 0 saturated heterocycles. The molecule has 0 bridgehead atoms. The zero-order valence-electron chi connectivity index (χ0n) is 10.3. The molecule has 2 rings (SSSR count). The van der Waals surface area contributed by atoms with Crippen LogP contribution in [0.25, 0.3) is 0 Å². The maximum Gasteiger partial charge on any atom is 0.309 e. The number of pyridine rings is 1. The normalized spacial score (nSPS) is 23.6. The minimum Gasteiger partial charge on any atom is -0.363 e. The number of anilines is 1. The highest BCUT2D eigenvalue weighted by Crippen LogP contribution is 2.28. The Morgan fingerprint density at radius 3 is 2.78 bits per heavy atom. The molecule has 18 heavy (non-hydrogen) atoms. The van der Waals surface area contributed by atoms with Gasteiger partial charge in [0.15, 0.2) is 5.82 Å². The Morgan fingerprint density at radius 2 is 2.11 bits per heavy atom. The average Bonchev–Trinajstić information content (AvgIpc) is 2.32. The SMILES string of the molecule is C[C@@H]1CCCC[C@@H]1Nc1[nH]c(=O)ccc1[N+](=O)[O-]. The molecule has 6 nitrogen and oxygen atoms in total. The van der Waals surface area contributed by atoms with E-state index in [4.69, 9.17) is 0 Å². The number of nitrogens with one attached hydrogen (secondary N) is 2. The number of hydrogen-bond acceptors (Lipinski definition) is 4. The van der Waals surface area contributed by atoms with E-state index >= 15 is 0 Å². The Kier molecular flexibility index (Phi) is 3.64. The summed E-state index contributed by atoms with van der Waals surface area (Å²) in [5, 5.41) is 14.0. The van der Waals surface area contributed by atoms with Gasteiger partial charge in [0.1, 0.15) is 0 Å². The highest BCUT2D eigenvalue weighted by Gasteiger charge is 2.24. The summed E-state index contributed by atoms with van der Waals surface area (Å²) in [6.45, 7) is 2.13.